The first-order valence-corrected chi connectivity index (χ1v) is 6.41. The maximum atomic E-state index is 11.8. The van der Waals surface area contributed by atoms with Crippen molar-refractivity contribution in [1.29, 1.82) is 0 Å². The largest absolute Gasteiger partial charge is 0.372 e. The summed E-state index contributed by atoms with van der Waals surface area (Å²) in [5.74, 6) is 0.0640. The predicted octanol–water partition coefficient (Wildman–Crippen LogP) is 0.553. The smallest absolute Gasteiger partial charge is 0.271 e. The summed E-state index contributed by atoms with van der Waals surface area (Å²) in [5, 5.41) is 8.26. The van der Waals surface area contributed by atoms with Crippen LogP contribution in [0.15, 0.2) is 12.4 Å². The summed E-state index contributed by atoms with van der Waals surface area (Å²) < 4.78 is 0. The normalized spacial score (nSPS) is 10.8. The molecule has 0 aliphatic heterocycles. The van der Waals surface area contributed by atoms with Crippen LogP contribution < -0.4 is 16.0 Å². The van der Waals surface area contributed by atoms with E-state index in [0.717, 1.165) is 0 Å². The highest BCUT2D eigenvalue weighted by molar-refractivity contribution is 5.92. The molecule has 0 bridgehead atoms. The number of nitrogens with one attached hydrogen (secondary N) is 3. The Morgan fingerprint density at radius 2 is 1.95 bits per heavy atom. The molecular formula is C13H21N5O2. The van der Waals surface area contributed by atoms with Crippen LogP contribution in [0.2, 0.25) is 0 Å². The fraction of sp³-hybridized carbons (Fsp3) is 0.538. The first kappa shape index (κ1) is 15.9. The Morgan fingerprint density at radius 3 is 2.55 bits per heavy atom. The Balaban J connectivity index is 2.42. The number of amides is 2. The molecule has 7 nitrogen and oxygen atoms in total. The zero-order chi connectivity index (χ0) is 15.2. The second kappa shape index (κ2) is 6.83. The molecule has 0 fully saturated rings. The van der Waals surface area contributed by atoms with Gasteiger partial charge in [-0.1, -0.05) is 0 Å². The molecule has 1 rings (SSSR count). The van der Waals surface area contributed by atoms with E-state index in [1.54, 1.807) is 7.05 Å². The molecule has 7 heteroatoms. The number of nitrogens with zero attached hydrogens (tertiary/aromatic N) is 2. The van der Waals surface area contributed by atoms with E-state index in [0.29, 0.717) is 5.82 Å². The lowest BCUT2D eigenvalue weighted by atomic mass is 10.1. The highest BCUT2D eigenvalue weighted by Crippen LogP contribution is 2.01. The molecule has 0 aromatic carbocycles. The second-order valence-electron chi connectivity index (χ2n) is 5.34. The molecule has 0 radical (unpaired) electrons. The number of aromatic nitrogens is 2. The SMILES string of the molecule is CNc1cncc(C(=O)NCCC(=O)NC(C)(C)C)n1. The maximum absolute atomic E-state index is 11.8. The Hall–Kier alpha value is -2.18. The van der Waals surface area contributed by atoms with Crippen molar-refractivity contribution in [2.24, 2.45) is 0 Å². The van der Waals surface area contributed by atoms with Crippen LogP contribution in [0.4, 0.5) is 5.82 Å². The molecule has 0 spiro atoms. The minimum Gasteiger partial charge on any atom is -0.372 e. The molecule has 3 N–H and O–H groups in total. The van der Waals surface area contributed by atoms with Crippen molar-refractivity contribution >= 4 is 17.6 Å². The van der Waals surface area contributed by atoms with Gasteiger partial charge < -0.3 is 16.0 Å². The molecule has 0 atom stereocenters. The topological polar surface area (TPSA) is 96.0 Å². The number of hydrogen-bond acceptors (Lipinski definition) is 5. The maximum Gasteiger partial charge on any atom is 0.271 e. The van der Waals surface area contributed by atoms with Crippen molar-refractivity contribution in [1.82, 2.24) is 20.6 Å². The van der Waals surface area contributed by atoms with Gasteiger partial charge in [-0.05, 0) is 20.8 Å². The molecule has 20 heavy (non-hydrogen) atoms. The lowest BCUT2D eigenvalue weighted by molar-refractivity contribution is -0.122. The van der Waals surface area contributed by atoms with Gasteiger partial charge in [0.15, 0.2) is 0 Å². The summed E-state index contributed by atoms with van der Waals surface area (Å²) in [6.45, 7) is 5.97. The van der Waals surface area contributed by atoms with Crippen molar-refractivity contribution in [2.75, 3.05) is 18.9 Å². The van der Waals surface area contributed by atoms with Crippen molar-refractivity contribution in [3.05, 3.63) is 18.1 Å². The van der Waals surface area contributed by atoms with Crippen molar-refractivity contribution in [3.63, 3.8) is 0 Å². The van der Waals surface area contributed by atoms with Crippen molar-refractivity contribution in [3.8, 4) is 0 Å². The fourth-order valence-corrected chi connectivity index (χ4v) is 1.46. The highest BCUT2D eigenvalue weighted by atomic mass is 16.2. The molecule has 0 aliphatic rings. The van der Waals surface area contributed by atoms with Gasteiger partial charge >= 0.3 is 0 Å². The summed E-state index contributed by atoms with van der Waals surface area (Å²) in [5.41, 5.74) is -0.0543. The van der Waals surface area contributed by atoms with E-state index in [-0.39, 0.29) is 36.0 Å². The average Bonchev–Trinajstić information content (AvgIpc) is 2.36. The van der Waals surface area contributed by atoms with Crippen LogP contribution in [-0.4, -0.2) is 40.9 Å². The van der Waals surface area contributed by atoms with E-state index in [9.17, 15) is 9.59 Å². The third kappa shape index (κ3) is 5.64. The lowest BCUT2D eigenvalue weighted by Gasteiger charge is -2.20. The van der Waals surface area contributed by atoms with Gasteiger partial charge in [0, 0.05) is 25.6 Å². The zero-order valence-corrected chi connectivity index (χ0v) is 12.3. The predicted molar refractivity (Wildman–Crippen MR) is 76.4 cm³/mol. The Labute approximate surface area is 118 Å². The molecule has 0 saturated carbocycles. The van der Waals surface area contributed by atoms with Crippen molar-refractivity contribution in [2.45, 2.75) is 32.7 Å². The molecule has 1 aromatic heterocycles. The van der Waals surface area contributed by atoms with Crippen molar-refractivity contribution < 1.29 is 9.59 Å². The number of hydrogen-bond donors (Lipinski definition) is 3. The van der Waals surface area contributed by atoms with Crippen LogP contribution in [-0.2, 0) is 4.79 Å². The molecule has 2 amide bonds. The van der Waals surface area contributed by atoms with E-state index in [2.05, 4.69) is 25.9 Å². The fourth-order valence-electron chi connectivity index (χ4n) is 1.46. The Kier molecular flexibility index (Phi) is 5.42. The van der Waals surface area contributed by atoms with Gasteiger partial charge in [0.1, 0.15) is 11.5 Å². The lowest BCUT2D eigenvalue weighted by Crippen LogP contribution is -2.42. The Bertz CT molecular complexity index is 482. The van der Waals surface area contributed by atoms with Gasteiger partial charge in [0.25, 0.3) is 5.91 Å². The second-order valence-corrected chi connectivity index (χ2v) is 5.34. The van der Waals surface area contributed by atoms with Gasteiger partial charge in [-0.2, -0.15) is 0 Å². The number of carbonyl (C=O) groups is 2. The van der Waals surface area contributed by atoms with Gasteiger partial charge in [-0.15, -0.1) is 0 Å². The summed E-state index contributed by atoms with van der Waals surface area (Å²) >= 11 is 0. The first-order chi connectivity index (χ1) is 9.31. The minimum absolute atomic E-state index is 0.104. The molecule has 0 unspecified atom stereocenters. The highest BCUT2D eigenvalue weighted by Gasteiger charge is 2.14. The summed E-state index contributed by atoms with van der Waals surface area (Å²) in [6, 6.07) is 0. The molecule has 1 heterocycles. The number of carbonyl (C=O) groups excluding carboxylic acids is 2. The van der Waals surface area contributed by atoms with E-state index >= 15 is 0 Å². The van der Waals surface area contributed by atoms with E-state index < -0.39 is 0 Å². The zero-order valence-electron chi connectivity index (χ0n) is 12.3. The molecular weight excluding hydrogens is 258 g/mol. The quantitative estimate of drug-likeness (QED) is 0.731. The summed E-state index contributed by atoms with van der Waals surface area (Å²) in [7, 11) is 1.70. The third-order valence-corrected chi connectivity index (χ3v) is 2.28. The standard InChI is InChI=1S/C13H21N5O2/c1-13(2,3)18-11(19)5-6-16-12(20)9-7-15-8-10(14-4)17-9/h7-8H,5-6H2,1-4H3,(H,14,17)(H,16,20)(H,18,19). The van der Waals surface area contributed by atoms with E-state index in [1.165, 1.54) is 12.4 Å². The van der Waals surface area contributed by atoms with Crippen LogP contribution in [0, 0.1) is 0 Å². The van der Waals surface area contributed by atoms with Gasteiger partial charge in [-0.3, -0.25) is 14.6 Å². The molecule has 0 saturated heterocycles. The number of anilines is 1. The molecule has 0 aliphatic carbocycles. The van der Waals surface area contributed by atoms with Crippen LogP contribution in [0.5, 0.6) is 0 Å². The van der Waals surface area contributed by atoms with Crippen LogP contribution in [0.25, 0.3) is 0 Å². The van der Waals surface area contributed by atoms with E-state index in [1.807, 2.05) is 20.8 Å². The van der Waals surface area contributed by atoms with Gasteiger partial charge in [0.05, 0.1) is 12.4 Å². The number of rotatable bonds is 5. The summed E-state index contributed by atoms with van der Waals surface area (Å²) in [6.07, 6.45) is 3.13. The van der Waals surface area contributed by atoms with Crippen LogP contribution in [0.1, 0.15) is 37.7 Å². The monoisotopic (exact) mass is 279 g/mol. The first-order valence-electron chi connectivity index (χ1n) is 6.41. The third-order valence-electron chi connectivity index (χ3n) is 2.28. The Morgan fingerprint density at radius 1 is 1.25 bits per heavy atom. The van der Waals surface area contributed by atoms with E-state index in [4.69, 9.17) is 0 Å². The average molecular weight is 279 g/mol. The van der Waals surface area contributed by atoms with Crippen LogP contribution >= 0.6 is 0 Å². The minimum atomic E-state index is -0.349. The van der Waals surface area contributed by atoms with Gasteiger partial charge in [0.2, 0.25) is 5.91 Å². The summed E-state index contributed by atoms with van der Waals surface area (Å²) in [4.78, 5) is 31.3. The molecule has 1 aromatic rings. The van der Waals surface area contributed by atoms with Crippen LogP contribution in [0.3, 0.4) is 0 Å². The van der Waals surface area contributed by atoms with Gasteiger partial charge in [-0.25, -0.2) is 4.98 Å². The molecule has 110 valence electrons.